The van der Waals surface area contributed by atoms with E-state index >= 15 is 0 Å². The molecule has 3 saturated heterocycles. The Labute approximate surface area is 264 Å². The lowest BCUT2D eigenvalue weighted by Crippen LogP contribution is -2.58. The van der Waals surface area contributed by atoms with Crippen molar-refractivity contribution in [3.8, 4) is 5.75 Å². The van der Waals surface area contributed by atoms with Crippen LogP contribution in [0.2, 0.25) is 0 Å². The van der Waals surface area contributed by atoms with E-state index in [4.69, 9.17) is 9.47 Å². The number of hydrogen-bond acceptors (Lipinski definition) is 7. The summed E-state index contributed by atoms with van der Waals surface area (Å²) < 4.78 is 9.69. The monoisotopic (exact) mass is 618 g/mol. The van der Waals surface area contributed by atoms with Crippen molar-refractivity contribution in [3.63, 3.8) is 0 Å². The fourth-order valence-electron chi connectivity index (χ4n) is 7.38. The number of benzene rings is 2. The van der Waals surface area contributed by atoms with E-state index in [0.717, 1.165) is 12.0 Å². The van der Waals surface area contributed by atoms with E-state index in [0.29, 0.717) is 37.1 Å². The van der Waals surface area contributed by atoms with Gasteiger partial charge in [0.2, 0.25) is 5.91 Å². The number of likely N-dealkylation sites (tertiary alicyclic amines) is 1. The molecule has 2 aromatic rings. The number of carbonyl (C=O) groups is 3. The summed E-state index contributed by atoms with van der Waals surface area (Å²) in [7, 11) is 1.58. The summed E-state index contributed by atoms with van der Waals surface area (Å²) in [6, 6.07) is 15.3. The lowest BCUT2D eigenvalue weighted by Gasteiger charge is -2.39. The van der Waals surface area contributed by atoms with Crippen LogP contribution >= 0.6 is 11.8 Å². The number of allylic oxidation sites excluding steroid dienone is 1. The van der Waals surface area contributed by atoms with E-state index in [1.54, 1.807) is 53.0 Å². The predicted octanol–water partition coefficient (Wildman–Crippen LogP) is 4.81. The van der Waals surface area contributed by atoms with E-state index in [1.165, 1.54) is 0 Å². The maximum absolute atomic E-state index is 14.9. The molecule has 2 bridgehead atoms. The molecule has 8 nitrogen and oxygen atoms in total. The van der Waals surface area contributed by atoms with Crippen LogP contribution in [-0.2, 0) is 25.5 Å². The van der Waals surface area contributed by atoms with Crippen molar-refractivity contribution in [2.45, 2.75) is 60.6 Å². The van der Waals surface area contributed by atoms with E-state index in [-0.39, 0.29) is 31.6 Å². The Hall–Kier alpha value is -3.56. The first-order valence-corrected chi connectivity index (χ1v) is 16.1. The van der Waals surface area contributed by atoms with Gasteiger partial charge in [-0.15, -0.1) is 24.9 Å². The summed E-state index contributed by atoms with van der Waals surface area (Å²) in [5.74, 6) is -1.68. The molecule has 2 aromatic carbocycles. The van der Waals surface area contributed by atoms with Gasteiger partial charge in [-0.1, -0.05) is 42.5 Å². The highest BCUT2D eigenvalue weighted by Crippen LogP contribution is 2.72. The van der Waals surface area contributed by atoms with Crippen LogP contribution in [0.4, 0.5) is 5.69 Å². The standard InChI is InChI=1S/C35H42N2O6S/c1-5-7-11-21-43-33(41)29-28-31(39)37(26(23-38)22-24-12-9-8-10-13-24)30(35(28)19-18-34(29,3)44-35)32(40)36(20-6-2)25-14-16-27(42-4)17-15-25/h5-6,8-10,12-17,26,28-30,38H,1-2,7,11,18-23H2,3-4H3/t26-,28+,29-,30?,34+,35?/m1/s1. The van der Waals surface area contributed by atoms with Gasteiger partial charge in [0.15, 0.2) is 0 Å². The molecule has 2 amide bonds. The fourth-order valence-corrected chi connectivity index (χ4v) is 9.71. The number of amides is 2. The minimum absolute atomic E-state index is 0.226. The molecule has 0 radical (unpaired) electrons. The molecular formula is C35H42N2O6S. The Balaban J connectivity index is 1.57. The lowest BCUT2D eigenvalue weighted by atomic mass is 9.66. The molecule has 234 valence electrons. The number of esters is 1. The first-order chi connectivity index (χ1) is 21.2. The zero-order chi connectivity index (χ0) is 31.5. The number of ether oxygens (including phenoxy) is 2. The number of thioether (sulfide) groups is 1. The molecule has 3 aliphatic heterocycles. The van der Waals surface area contributed by atoms with E-state index in [1.807, 2.05) is 49.4 Å². The van der Waals surface area contributed by atoms with E-state index < -0.39 is 39.4 Å². The van der Waals surface area contributed by atoms with Crippen molar-refractivity contribution in [3.05, 3.63) is 85.5 Å². The molecule has 0 aliphatic carbocycles. The highest BCUT2D eigenvalue weighted by Gasteiger charge is 2.78. The minimum Gasteiger partial charge on any atom is -0.497 e. The average molecular weight is 619 g/mol. The molecular weight excluding hydrogens is 576 g/mol. The largest absolute Gasteiger partial charge is 0.497 e. The molecule has 1 spiro atoms. The van der Waals surface area contributed by atoms with Gasteiger partial charge in [-0.25, -0.2) is 0 Å². The number of nitrogens with zero attached hydrogens (tertiary/aromatic N) is 2. The first kappa shape index (κ1) is 31.9. The molecule has 5 rings (SSSR count). The van der Waals surface area contributed by atoms with Crippen molar-refractivity contribution in [1.82, 2.24) is 4.90 Å². The van der Waals surface area contributed by atoms with Gasteiger partial charge >= 0.3 is 5.97 Å². The second-order valence-corrected chi connectivity index (χ2v) is 13.9. The number of methoxy groups -OCH3 is 1. The van der Waals surface area contributed by atoms with Gasteiger partial charge in [-0.3, -0.25) is 14.4 Å². The number of anilines is 1. The van der Waals surface area contributed by atoms with Crippen LogP contribution in [-0.4, -0.2) is 76.2 Å². The minimum atomic E-state index is -0.895. The average Bonchev–Trinajstić information content (AvgIpc) is 3.61. The van der Waals surface area contributed by atoms with Crippen LogP contribution in [0.1, 0.15) is 38.2 Å². The maximum Gasteiger partial charge on any atom is 0.311 e. The Morgan fingerprint density at radius 3 is 2.50 bits per heavy atom. The van der Waals surface area contributed by atoms with Gasteiger partial charge in [-0.2, -0.15) is 0 Å². The SMILES string of the molecule is C=CCCCOC(=O)[C@H]1[C@H]2C(=O)N([C@@H](CO)Cc3ccccc3)C(C(=O)N(CC=C)c3ccc(OC)cc3)C23CC[C@]1(C)S3. The summed E-state index contributed by atoms with van der Waals surface area (Å²) in [5.41, 5.74) is 1.59. The fraction of sp³-hybridized carbons (Fsp3) is 0.457. The van der Waals surface area contributed by atoms with Crippen LogP contribution in [0.25, 0.3) is 0 Å². The predicted molar refractivity (Wildman–Crippen MR) is 173 cm³/mol. The third-order valence-corrected chi connectivity index (χ3v) is 11.4. The van der Waals surface area contributed by atoms with E-state index in [2.05, 4.69) is 13.2 Å². The molecule has 0 saturated carbocycles. The van der Waals surface area contributed by atoms with Gasteiger partial charge in [0.05, 0.1) is 42.9 Å². The van der Waals surface area contributed by atoms with Gasteiger partial charge in [-0.05, 0) is 68.9 Å². The number of unbranched alkanes of at least 4 members (excludes halogenated alkanes) is 1. The summed E-state index contributed by atoms with van der Waals surface area (Å²) in [6.45, 7) is 9.81. The number of fused-ring (bicyclic) bond motifs is 1. The van der Waals surface area contributed by atoms with Crippen molar-refractivity contribution >= 4 is 35.2 Å². The van der Waals surface area contributed by atoms with E-state index in [9.17, 15) is 19.5 Å². The third kappa shape index (κ3) is 5.56. The molecule has 3 fully saturated rings. The molecule has 9 heteroatoms. The number of hydrogen-bond donors (Lipinski definition) is 1. The number of rotatable bonds is 14. The van der Waals surface area contributed by atoms with Crippen LogP contribution in [0.15, 0.2) is 79.9 Å². The number of aliphatic hydroxyl groups is 1. The lowest BCUT2D eigenvalue weighted by molar-refractivity contribution is -0.156. The molecule has 6 atom stereocenters. The number of aliphatic hydroxyl groups excluding tert-OH is 1. The zero-order valence-corrected chi connectivity index (χ0v) is 26.3. The normalized spacial score (nSPS) is 27.5. The number of carbonyl (C=O) groups excluding carboxylic acids is 3. The Morgan fingerprint density at radius 2 is 1.86 bits per heavy atom. The Bertz CT molecular complexity index is 1380. The zero-order valence-electron chi connectivity index (χ0n) is 25.5. The highest BCUT2D eigenvalue weighted by atomic mass is 32.2. The first-order valence-electron chi connectivity index (χ1n) is 15.3. The summed E-state index contributed by atoms with van der Waals surface area (Å²) in [5, 5.41) is 10.7. The van der Waals surface area contributed by atoms with Gasteiger partial charge < -0.3 is 24.4 Å². The smallest absolute Gasteiger partial charge is 0.311 e. The molecule has 2 unspecified atom stereocenters. The molecule has 0 aromatic heterocycles. The summed E-state index contributed by atoms with van der Waals surface area (Å²) in [6.07, 6.45) is 6.48. The highest BCUT2D eigenvalue weighted by molar-refractivity contribution is 8.02. The molecule has 3 aliphatic rings. The second-order valence-electron chi connectivity index (χ2n) is 12.0. The van der Waals surface area contributed by atoms with Crippen LogP contribution in [0, 0.1) is 11.8 Å². The topological polar surface area (TPSA) is 96.4 Å². The summed E-state index contributed by atoms with van der Waals surface area (Å²) >= 11 is 1.59. The Kier molecular flexibility index (Phi) is 9.56. The van der Waals surface area contributed by atoms with Crippen molar-refractivity contribution in [2.75, 3.05) is 31.8 Å². The van der Waals surface area contributed by atoms with Gasteiger partial charge in [0.25, 0.3) is 5.91 Å². The Morgan fingerprint density at radius 1 is 1.14 bits per heavy atom. The molecule has 1 N–H and O–H groups in total. The van der Waals surface area contributed by atoms with Crippen LogP contribution in [0.5, 0.6) is 5.75 Å². The molecule has 44 heavy (non-hydrogen) atoms. The quantitative estimate of drug-likeness (QED) is 0.185. The van der Waals surface area contributed by atoms with Gasteiger partial charge in [0.1, 0.15) is 11.8 Å². The van der Waals surface area contributed by atoms with Crippen LogP contribution < -0.4 is 9.64 Å². The van der Waals surface area contributed by atoms with Gasteiger partial charge in [0, 0.05) is 17.0 Å². The maximum atomic E-state index is 14.9. The van der Waals surface area contributed by atoms with Crippen molar-refractivity contribution < 1.29 is 29.0 Å². The van der Waals surface area contributed by atoms with Crippen molar-refractivity contribution in [1.29, 1.82) is 0 Å². The summed E-state index contributed by atoms with van der Waals surface area (Å²) in [4.78, 5) is 46.6. The van der Waals surface area contributed by atoms with Crippen LogP contribution in [0.3, 0.4) is 0 Å². The van der Waals surface area contributed by atoms with Crippen molar-refractivity contribution in [2.24, 2.45) is 11.8 Å². The third-order valence-electron chi connectivity index (χ3n) is 9.38. The second kappa shape index (κ2) is 13.2. The molecule has 3 heterocycles.